The number of carbonyl (C=O) groups is 2. The zero-order valence-corrected chi connectivity index (χ0v) is 24.5. The smallest absolute Gasteiger partial charge is 0.409 e. The van der Waals surface area contributed by atoms with Gasteiger partial charge in [0.1, 0.15) is 23.7 Å². The van der Waals surface area contributed by atoms with E-state index in [2.05, 4.69) is 10.6 Å². The lowest BCUT2D eigenvalue weighted by molar-refractivity contribution is -0.153. The number of alkyl carbamates (subject to hydrolysis) is 1. The minimum Gasteiger partial charge on any atom is -0.459 e. The molecular weight excluding hydrogens is 545 g/mol. The second-order valence-electron chi connectivity index (χ2n) is 12.3. The van der Waals surface area contributed by atoms with Crippen LogP contribution in [0.1, 0.15) is 66.8 Å². The lowest BCUT2D eigenvalue weighted by Crippen LogP contribution is -2.45. The van der Waals surface area contributed by atoms with Crippen LogP contribution in [0.25, 0.3) is 10.9 Å². The van der Waals surface area contributed by atoms with Gasteiger partial charge in [0.2, 0.25) is 0 Å². The Labute approximate surface area is 236 Å². The second-order valence-corrected chi connectivity index (χ2v) is 12.6. The van der Waals surface area contributed by atoms with E-state index in [9.17, 15) is 19.2 Å². The number of aromatic nitrogens is 2. The molecule has 1 aromatic carbocycles. The van der Waals surface area contributed by atoms with Gasteiger partial charge < -0.3 is 25.0 Å². The Balaban J connectivity index is 1.62. The fourth-order valence-electron chi connectivity index (χ4n) is 4.75. The highest BCUT2D eigenvalue weighted by molar-refractivity contribution is 6.38. The van der Waals surface area contributed by atoms with Gasteiger partial charge in [-0.1, -0.05) is 11.6 Å². The van der Waals surface area contributed by atoms with E-state index in [1.54, 1.807) is 46.4 Å². The van der Waals surface area contributed by atoms with E-state index in [1.807, 2.05) is 0 Å². The summed E-state index contributed by atoms with van der Waals surface area (Å²) in [5, 5.41) is 5.50. The molecule has 1 saturated carbocycles. The van der Waals surface area contributed by atoms with E-state index < -0.39 is 41.0 Å². The first kappa shape index (κ1) is 29.9. The van der Waals surface area contributed by atoms with Crippen molar-refractivity contribution in [3.8, 4) is 0 Å². The summed E-state index contributed by atoms with van der Waals surface area (Å²) in [5.41, 5.74) is -2.49. The van der Waals surface area contributed by atoms with Gasteiger partial charge in [0, 0.05) is 25.2 Å². The van der Waals surface area contributed by atoms with E-state index in [0.29, 0.717) is 32.4 Å². The summed E-state index contributed by atoms with van der Waals surface area (Å²) in [4.78, 5) is 52.8. The molecule has 1 aromatic heterocycles. The van der Waals surface area contributed by atoms with E-state index in [1.165, 1.54) is 4.57 Å². The standard InChI is InChI=1S/C27H37ClFN5O6/c1-26(2,3)39-19(35)12-30-15-9-10-32(13-15)22-18(29)11-17-21(20(22)28)34(16-7-8-16)25(38)33(23(17)36)14-31-24(37)40-27(4,5)6/h11,15-16,30H,7-10,12-14H2,1-6H3,(H,31,37)/t15-/m0/s1. The molecule has 2 N–H and O–H groups in total. The molecule has 1 aliphatic carbocycles. The highest BCUT2D eigenvalue weighted by atomic mass is 35.5. The lowest BCUT2D eigenvalue weighted by Gasteiger charge is -2.24. The average molecular weight is 582 g/mol. The van der Waals surface area contributed by atoms with Gasteiger partial charge in [0.05, 0.1) is 28.2 Å². The van der Waals surface area contributed by atoms with Crippen LogP contribution < -0.4 is 26.8 Å². The first-order chi connectivity index (χ1) is 18.6. The lowest BCUT2D eigenvalue weighted by atomic mass is 10.2. The van der Waals surface area contributed by atoms with Crippen LogP contribution in [0, 0.1) is 5.82 Å². The molecule has 0 unspecified atom stereocenters. The Morgan fingerprint density at radius 1 is 1.07 bits per heavy atom. The third-order valence-corrected chi connectivity index (χ3v) is 6.83. The summed E-state index contributed by atoms with van der Waals surface area (Å²) in [6.45, 7) is 10.9. The van der Waals surface area contributed by atoms with Crippen LogP contribution in [0.3, 0.4) is 0 Å². The van der Waals surface area contributed by atoms with Crippen LogP contribution in [-0.4, -0.2) is 58.1 Å². The number of rotatable bonds is 7. The van der Waals surface area contributed by atoms with Crippen LogP contribution >= 0.6 is 11.6 Å². The first-order valence-corrected chi connectivity index (χ1v) is 13.8. The highest BCUT2D eigenvalue weighted by Gasteiger charge is 2.33. The molecule has 2 fully saturated rings. The minimum atomic E-state index is -0.791. The summed E-state index contributed by atoms with van der Waals surface area (Å²) in [5.74, 6) is -1.08. The number of nitrogens with zero attached hydrogens (tertiary/aromatic N) is 3. The first-order valence-electron chi connectivity index (χ1n) is 13.4. The molecule has 1 atom stereocenters. The Bertz CT molecular complexity index is 1440. The quantitative estimate of drug-likeness (QED) is 0.478. The summed E-state index contributed by atoms with van der Waals surface area (Å²) in [6, 6.07) is 0.792. The molecule has 1 saturated heterocycles. The van der Waals surface area contributed by atoms with E-state index >= 15 is 4.39 Å². The van der Waals surface area contributed by atoms with Gasteiger partial charge in [-0.2, -0.15) is 0 Å². The molecule has 2 aromatic rings. The van der Waals surface area contributed by atoms with Crippen molar-refractivity contribution in [2.75, 3.05) is 24.5 Å². The number of amides is 1. The summed E-state index contributed by atoms with van der Waals surface area (Å²) in [6.07, 6.45) is 1.25. The van der Waals surface area contributed by atoms with Gasteiger partial charge in [-0.15, -0.1) is 0 Å². The number of halogens is 2. The van der Waals surface area contributed by atoms with Crippen molar-refractivity contribution in [3.63, 3.8) is 0 Å². The number of hydrogen-bond donors (Lipinski definition) is 2. The molecule has 2 aliphatic rings. The third kappa shape index (κ3) is 6.77. The zero-order chi connectivity index (χ0) is 29.6. The maximum atomic E-state index is 15.6. The minimum absolute atomic E-state index is 0.0157. The number of carbonyl (C=O) groups excluding carboxylic acids is 2. The molecular formula is C27H37ClFN5O6. The molecule has 0 spiro atoms. The molecule has 220 valence electrons. The van der Waals surface area contributed by atoms with Crippen molar-refractivity contribution in [1.29, 1.82) is 0 Å². The maximum absolute atomic E-state index is 15.6. The van der Waals surface area contributed by atoms with Gasteiger partial charge in [0.25, 0.3) is 5.56 Å². The molecule has 13 heteroatoms. The van der Waals surface area contributed by atoms with Crippen LogP contribution in [0.2, 0.25) is 5.02 Å². The molecule has 2 heterocycles. The molecule has 11 nitrogen and oxygen atoms in total. The highest BCUT2D eigenvalue weighted by Crippen LogP contribution is 2.41. The summed E-state index contributed by atoms with van der Waals surface area (Å²) < 4.78 is 28.4. The van der Waals surface area contributed by atoms with Gasteiger partial charge in [-0.25, -0.2) is 18.5 Å². The molecule has 0 bridgehead atoms. The number of ether oxygens (including phenoxy) is 2. The number of esters is 1. The van der Waals surface area contributed by atoms with Crippen molar-refractivity contribution in [3.05, 3.63) is 37.7 Å². The van der Waals surface area contributed by atoms with Gasteiger partial charge in [-0.05, 0) is 66.9 Å². The number of nitrogens with one attached hydrogen (secondary N) is 2. The number of anilines is 1. The van der Waals surface area contributed by atoms with Gasteiger partial charge in [-0.3, -0.25) is 14.2 Å². The Kier molecular flexibility index (Phi) is 8.24. The molecule has 1 amide bonds. The largest absolute Gasteiger partial charge is 0.459 e. The predicted molar refractivity (Wildman–Crippen MR) is 150 cm³/mol. The Hall–Kier alpha value is -3.12. The number of hydrogen-bond acceptors (Lipinski definition) is 8. The number of fused-ring (bicyclic) bond motifs is 1. The SMILES string of the molecule is CC(C)(C)OC(=O)CN[C@H]1CCN(c2c(F)cc3c(=O)n(CNC(=O)OC(C)(C)C)c(=O)n(C4CC4)c3c2Cl)C1. The van der Waals surface area contributed by atoms with Crippen LogP contribution in [0.15, 0.2) is 15.7 Å². The maximum Gasteiger partial charge on any atom is 0.409 e. The van der Waals surface area contributed by atoms with Crippen molar-refractivity contribution in [1.82, 2.24) is 19.8 Å². The molecule has 1 aliphatic heterocycles. The van der Waals surface area contributed by atoms with Gasteiger partial charge >= 0.3 is 17.8 Å². The second kappa shape index (κ2) is 11.0. The average Bonchev–Trinajstić information content (AvgIpc) is 3.53. The van der Waals surface area contributed by atoms with Crippen molar-refractivity contribution in [2.24, 2.45) is 0 Å². The normalized spacial score (nSPS) is 17.8. The predicted octanol–water partition coefficient (Wildman–Crippen LogP) is 3.28. The molecule has 40 heavy (non-hydrogen) atoms. The Morgan fingerprint density at radius 3 is 2.33 bits per heavy atom. The summed E-state index contributed by atoms with van der Waals surface area (Å²) >= 11 is 6.77. The van der Waals surface area contributed by atoms with Crippen molar-refractivity contribution in [2.45, 2.75) is 90.8 Å². The van der Waals surface area contributed by atoms with E-state index in [0.717, 1.165) is 10.6 Å². The molecule has 4 rings (SSSR count). The Morgan fingerprint density at radius 2 is 1.73 bits per heavy atom. The topological polar surface area (TPSA) is 124 Å². The number of benzene rings is 1. The fraction of sp³-hybridized carbons (Fsp3) is 0.630. The zero-order valence-electron chi connectivity index (χ0n) is 23.7. The fourth-order valence-corrected chi connectivity index (χ4v) is 5.15. The van der Waals surface area contributed by atoms with Crippen molar-refractivity contribution >= 4 is 40.3 Å². The van der Waals surface area contributed by atoms with Crippen LogP contribution in [-0.2, 0) is 20.9 Å². The van der Waals surface area contributed by atoms with Gasteiger partial charge in [0.15, 0.2) is 0 Å². The molecule has 0 radical (unpaired) electrons. The third-order valence-electron chi connectivity index (χ3n) is 6.47. The van der Waals surface area contributed by atoms with Crippen LogP contribution in [0.5, 0.6) is 0 Å². The summed E-state index contributed by atoms with van der Waals surface area (Å²) in [7, 11) is 0. The van der Waals surface area contributed by atoms with E-state index in [4.69, 9.17) is 21.1 Å². The van der Waals surface area contributed by atoms with Crippen molar-refractivity contribution < 1.29 is 23.5 Å². The monoisotopic (exact) mass is 581 g/mol. The van der Waals surface area contributed by atoms with Crippen LogP contribution in [0.4, 0.5) is 14.9 Å². The van der Waals surface area contributed by atoms with E-state index in [-0.39, 0.29) is 46.2 Å².